The second-order valence-corrected chi connectivity index (χ2v) is 5.58. The monoisotopic (exact) mass is 380 g/mol. The highest BCUT2D eigenvalue weighted by Crippen LogP contribution is 2.31. The van der Waals surface area contributed by atoms with Gasteiger partial charge in [-0.15, -0.1) is 0 Å². The van der Waals surface area contributed by atoms with Gasteiger partial charge in [0.25, 0.3) is 0 Å². The van der Waals surface area contributed by atoms with Gasteiger partial charge in [0.15, 0.2) is 0 Å². The third-order valence-corrected chi connectivity index (χ3v) is 3.95. The van der Waals surface area contributed by atoms with E-state index in [0.29, 0.717) is 5.02 Å². The smallest absolute Gasteiger partial charge is 0.138 e. The summed E-state index contributed by atoms with van der Waals surface area (Å²) in [6.45, 7) is 0. The normalized spacial score (nSPS) is 10.6. The van der Waals surface area contributed by atoms with Gasteiger partial charge in [0.1, 0.15) is 15.2 Å². The molecule has 0 aliphatic carbocycles. The van der Waals surface area contributed by atoms with E-state index in [-0.39, 0.29) is 0 Å². The van der Waals surface area contributed by atoms with E-state index in [2.05, 4.69) is 32.6 Å². The zero-order valence-electron chi connectivity index (χ0n) is 9.90. The fourth-order valence-corrected chi connectivity index (χ4v) is 2.81. The van der Waals surface area contributed by atoms with Crippen LogP contribution >= 0.6 is 34.2 Å². The summed E-state index contributed by atoms with van der Waals surface area (Å²) in [4.78, 5) is 7.97. The Morgan fingerprint density at radius 1 is 0.947 bits per heavy atom. The fourth-order valence-electron chi connectivity index (χ4n) is 1.92. The average Bonchev–Trinajstić information content (AvgIpc) is 2.82. The third-order valence-electron chi connectivity index (χ3n) is 2.84. The molecule has 94 valence electrons. The highest BCUT2D eigenvalue weighted by Gasteiger charge is 2.13. The van der Waals surface area contributed by atoms with Gasteiger partial charge in [0.2, 0.25) is 0 Å². The number of rotatable bonds is 2. The zero-order chi connectivity index (χ0) is 13.2. The van der Waals surface area contributed by atoms with Crippen molar-refractivity contribution in [1.82, 2.24) is 9.97 Å². The zero-order valence-corrected chi connectivity index (χ0v) is 12.8. The molecular weight excluding hydrogens is 371 g/mol. The molecule has 0 bridgehead atoms. The summed E-state index contributed by atoms with van der Waals surface area (Å²) in [7, 11) is 0. The maximum Gasteiger partial charge on any atom is 0.138 e. The molecule has 0 saturated carbocycles. The summed E-state index contributed by atoms with van der Waals surface area (Å²) < 4.78 is 0.990. The lowest BCUT2D eigenvalue weighted by Crippen LogP contribution is -1.82. The number of aromatic nitrogens is 2. The van der Waals surface area contributed by atoms with Gasteiger partial charge in [0.05, 0.1) is 5.02 Å². The number of nitrogens with one attached hydrogen (secondary N) is 1. The highest BCUT2D eigenvalue weighted by atomic mass is 127. The number of nitrogens with zero attached hydrogens (tertiary/aromatic N) is 1. The van der Waals surface area contributed by atoms with E-state index in [4.69, 9.17) is 11.6 Å². The topological polar surface area (TPSA) is 28.7 Å². The SMILES string of the molecule is Clc1ccccc1-c1nc(-c2ccccc2)[nH]c1I. The number of halogens is 2. The molecule has 0 spiro atoms. The van der Waals surface area contributed by atoms with Crippen LogP contribution in [0.1, 0.15) is 0 Å². The Bertz CT molecular complexity index is 707. The van der Waals surface area contributed by atoms with Crippen LogP contribution in [0.5, 0.6) is 0 Å². The van der Waals surface area contributed by atoms with Crippen molar-refractivity contribution in [3.8, 4) is 22.6 Å². The van der Waals surface area contributed by atoms with E-state index in [9.17, 15) is 0 Å². The molecule has 4 heteroatoms. The molecule has 0 radical (unpaired) electrons. The van der Waals surface area contributed by atoms with Crippen LogP contribution in [-0.2, 0) is 0 Å². The lowest BCUT2D eigenvalue weighted by Gasteiger charge is -2.00. The second kappa shape index (κ2) is 5.35. The molecule has 0 fully saturated rings. The second-order valence-electron chi connectivity index (χ2n) is 4.09. The van der Waals surface area contributed by atoms with Crippen molar-refractivity contribution in [2.45, 2.75) is 0 Å². The van der Waals surface area contributed by atoms with Crippen LogP contribution in [0.3, 0.4) is 0 Å². The van der Waals surface area contributed by atoms with Crippen LogP contribution < -0.4 is 0 Å². The van der Waals surface area contributed by atoms with E-state index in [0.717, 1.165) is 26.3 Å². The van der Waals surface area contributed by atoms with Gasteiger partial charge < -0.3 is 4.98 Å². The molecule has 1 N–H and O–H groups in total. The predicted molar refractivity (Wildman–Crippen MR) is 87.2 cm³/mol. The van der Waals surface area contributed by atoms with Crippen molar-refractivity contribution in [2.24, 2.45) is 0 Å². The van der Waals surface area contributed by atoms with Crippen molar-refractivity contribution < 1.29 is 0 Å². The number of benzene rings is 2. The molecular formula is C15H10ClIN2. The van der Waals surface area contributed by atoms with Crippen LogP contribution in [0.4, 0.5) is 0 Å². The summed E-state index contributed by atoms with van der Waals surface area (Å²) in [6, 6.07) is 17.8. The Morgan fingerprint density at radius 3 is 2.37 bits per heavy atom. The van der Waals surface area contributed by atoms with Crippen molar-refractivity contribution in [3.05, 3.63) is 63.3 Å². The van der Waals surface area contributed by atoms with Crippen LogP contribution in [0.25, 0.3) is 22.6 Å². The maximum absolute atomic E-state index is 6.23. The Morgan fingerprint density at radius 2 is 1.63 bits per heavy atom. The molecule has 2 aromatic carbocycles. The van der Waals surface area contributed by atoms with Crippen molar-refractivity contribution >= 4 is 34.2 Å². The fraction of sp³-hybridized carbons (Fsp3) is 0. The number of imidazole rings is 1. The minimum atomic E-state index is 0.714. The molecule has 0 unspecified atom stereocenters. The van der Waals surface area contributed by atoms with Gasteiger partial charge in [-0.3, -0.25) is 0 Å². The first-order valence-corrected chi connectivity index (χ1v) is 7.27. The van der Waals surface area contributed by atoms with Gasteiger partial charge in [0, 0.05) is 11.1 Å². The van der Waals surface area contributed by atoms with Gasteiger partial charge in [-0.25, -0.2) is 4.98 Å². The highest BCUT2D eigenvalue weighted by molar-refractivity contribution is 14.1. The van der Waals surface area contributed by atoms with Crippen LogP contribution in [-0.4, -0.2) is 9.97 Å². The van der Waals surface area contributed by atoms with Gasteiger partial charge >= 0.3 is 0 Å². The first kappa shape index (κ1) is 12.7. The van der Waals surface area contributed by atoms with Gasteiger partial charge in [-0.1, -0.05) is 60.1 Å². The molecule has 0 atom stereocenters. The van der Waals surface area contributed by atoms with E-state index >= 15 is 0 Å². The van der Waals surface area contributed by atoms with Crippen molar-refractivity contribution in [2.75, 3.05) is 0 Å². The maximum atomic E-state index is 6.23. The minimum Gasteiger partial charge on any atom is -0.333 e. The molecule has 3 rings (SSSR count). The third kappa shape index (κ3) is 2.53. The Kier molecular flexibility index (Phi) is 3.57. The summed E-state index contributed by atoms with van der Waals surface area (Å²) >= 11 is 8.48. The summed E-state index contributed by atoms with van der Waals surface area (Å²) in [5.41, 5.74) is 2.91. The molecule has 2 nitrogen and oxygen atoms in total. The largest absolute Gasteiger partial charge is 0.333 e. The first-order valence-electron chi connectivity index (χ1n) is 5.81. The van der Waals surface area contributed by atoms with Crippen molar-refractivity contribution in [1.29, 1.82) is 0 Å². The van der Waals surface area contributed by atoms with Crippen LogP contribution in [0.2, 0.25) is 5.02 Å². The lowest BCUT2D eigenvalue weighted by molar-refractivity contribution is 1.30. The number of H-pyrrole nitrogens is 1. The lowest BCUT2D eigenvalue weighted by atomic mass is 10.2. The molecule has 0 aliphatic rings. The molecule has 0 saturated heterocycles. The van der Waals surface area contributed by atoms with E-state index < -0.39 is 0 Å². The molecule has 1 aromatic heterocycles. The number of hydrogen-bond donors (Lipinski definition) is 1. The molecule has 3 aromatic rings. The average molecular weight is 381 g/mol. The summed E-state index contributed by atoms with van der Waals surface area (Å²) in [5, 5.41) is 0.714. The molecule has 1 heterocycles. The summed E-state index contributed by atoms with van der Waals surface area (Å²) in [5.74, 6) is 0.861. The van der Waals surface area contributed by atoms with E-state index in [1.807, 2.05) is 54.6 Å². The Labute approximate surface area is 130 Å². The standard InChI is InChI=1S/C15H10ClIN2/c16-12-9-5-4-8-11(12)13-14(17)19-15(18-13)10-6-2-1-3-7-10/h1-9H,(H,18,19). The van der Waals surface area contributed by atoms with E-state index in [1.54, 1.807) is 0 Å². The Balaban J connectivity index is 2.11. The Hall–Kier alpha value is -1.33. The summed E-state index contributed by atoms with van der Waals surface area (Å²) in [6.07, 6.45) is 0. The molecule has 0 aliphatic heterocycles. The van der Waals surface area contributed by atoms with Gasteiger partial charge in [-0.05, 0) is 28.7 Å². The molecule has 19 heavy (non-hydrogen) atoms. The van der Waals surface area contributed by atoms with Crippen molar-refractivity contribution in [3.63, 3.8) is 0 Å². The molecule has 0 amide bonds. The first-order chi connectivity index (χ1) is 9.25. The quantitative estimate of drug-likeness (QED) is 0.623. The van der Waals surface area contributed by atoms with Crippen LogP contribution in [0.15, 0.2) is 54.6 Å². The minimum absolute atomic E-state index is 0.714. The van der Waals surface area contributed by atoms with Crippen LogP contribution in [0, 0.1) is 3.70 Å². The number of hydrogen-bond acceptors (Lipinski definition) is 1. The number of aromatic amines is 1. The van der Waals surface area contributed by atoms with E-state index in [1.165, 1.54) is 0 Å². The predicted octanol–water partition coefficient (Wildman–Crippen LogP) is 5.00. The van der Waals surface area contributed by atoms with Gasteiger partial charge in [-0.2, -0.15) is 0 Å².